The molecule has 0 aliphatic carbocycles. The first-order valence-electron chi connectivity index (χ1n) is 7.11. The second kappa shape index (κ2) is 9.13. The number of unbranched alkanes of at least 4 members (excludes halogenated alkanes) is 4. The molecule has 0 unspecified atom stereocenters. The third kappa shape index (κ3) is 6.36. The monoisotopic (exact) mass is 278 g/mol. The first-order valence-corrected chi connectivity index (χ1v) is 7.11. The average Bonchev–Trinajstić information content (AvgIpc) is 2.45. The second-order valence-corrected chi connectivity index (χ2v) is 4.79. The molecule has 20 heavy (non-hydrogen) atoms. The van der Waals surface area contributed by atoms with E-state index in [9.17, 15) is 9.59 Å². The number of benzene rings is 1. The van der Waals surface area contributed by atoms with E-state index in [1.54, 1.807) is 24.3 Å². The minimum Gasteiger partial charge on any atom is -0.482 e. The topological polar surface area (TPSA) is 63.6 Å². The van der Waals surface area contributed by atoms with Crippen LogP contribution in [0.15, 0.2) is 24.3 Å². The second-order valence-electron chi connectivity index (χ2n) is 4.79. The van der Waals surface area contributed by atoms with Gasteiger partial charge in [0.2, 0.25) is 0 Å². The van der Waals surface area contributed by atoms with E-state index < -0.39 is 5.97 Å². The number of carbonyl (C=O) groups excluding carboxylic acids is 1. The van der Waals surface area contributed by atoms with Crippen LogP contribution in [-0.2, 0) is 4.79 Å². The molecule has 0 saturated carbocycles. The summed E-state index contributed by atoms with van der Waals surface area (Å²) >= 11 is 0. The molecule has 1 N–H and O–H groups in total. The van der Waals surface area contributed by atoms with Gasteiger partial charge in [-0.25, -0.2) is 4.79 Å². The molecule has 0 bridgehead atoms. The zero-order valence-corrected chi connectivity index (χ0v) is 11.9. The number of Topliss-reactive ketones (excluding diaryl/α,β-unsaturated/α-hetero) is 1. The van der Waals surface area contributed by atoms with Gasteiger partial charge in [-0.15, -0.1) is 0 Å². The molecule has 0 saturated heterocycles. The Kier molecular flexibility index (Phi) is 7.40. The van der Waals surface area contributed by atoms with E-state index in [2.05, 4.69) is 6.92 Å². The minimum atomic E-state index is -1.02. The predicted molar refractivity (Wildman–Crippen MR) is 77.3 cm³/mol. The van der Waals surface area contributed by atoms with Gasteiger partial charge in [-0.1, -0.05) is 32.6 Å². The fourth-order valence-corrected chi connectivity index (χ4v) is 1.92. The molecule has 1 aromatic carbocycles. The predicted octanol–water partition coefficient (Wildman–Crippen LogP) is 3.69. The van der Waals surface area contributed by atoms with Crippen molar-refractivity contribution in [3.05, 3.63) is 29.8 Å². The number of carbonyl (C=O) groups is 2. The van der Waals surface area contributed by atoms with Crippen LogP contribution >= 0.6 is 0 Å². The normalized spacial score (nSPS) is 10.2. The highest BCUT2D eigenvalue weighted by Crippen LogP contribution is 2.15. The number of carboxylic acid groups (broad SMARTS) is 1. The van der Waals surface area contributed by atoms with E-state index in [-0.39, 0.29) is 12.4 Å². The lowest BCUT2D eigenvalue weighted by atomic mass is 10.0. The standard InChI is InChI=1S/C16H22O4/c1-2-3-4-5-6-7-15(17)13-8-10-14(11-9-13)20-12-16(18)19/h8-11H,2-7,12H2,1H3,(H,18,19). The van der Waals surface area contributed by atoms with Crippen LogP contribution < -0.4 is 4.74 Å². The molecule has 0 aliphatic heterocycles. The molecule has 0 aromatic heterocycles. The van der Waals surface area contributed by atoms with Crippen LogP contribution in [0.5, 0.6) is 5.75 Å². The van der Waals surface area contributed by atoms with Crippen molar-refractivity contribution in [3.63, 3.8) is 0 Å². The van der Waals surface area contributed by atoms with Crippen LogP contribution in [0, 0.1) is 0 Å². The number of hydrogen-bond acceptors (Lipinski definition) is 3. The molecule has 1 aromatic rings. The molecule has 110 valence electrons. The molecule has 0 radical (unpaired) electrons. The summed E-state index contributed by atoms with van der Waals surface area (Å²) in [4.78, 5) is 22.3. The van der Waals surface area contributed by atoms with Gasteiger partial charge in [0, 0.05) is 12.0 Å². The van der Waals surface area contributed by atoms with Crippen molar-refractivity contribution in [2.45, 2.75) is 45.4 Å². The number of hydrogen-bond donors (Lipinski definition) is 1. The molecular formula is C16H22O4. The molecule has 4 nitrogen and oxygen atoms in total. The van der Waals surface area contributed by atoms with Gasteiger partial charge in [0.1, 0.15) is 5.75 Å². The Hall–Kier alpha value is -1.84. The van der Waals surface area contributed by atoms with Gasteiger partial charge in [-0.2, -0.15) is 0 Å². The fourth-order valence-electron chi connectivity index (χ4n) is 1.92. The van der Waals surface area contributed by atoms with Crippen molar-refractivity contribution in [1.82, 2.24) is 0 Å². The summed E-state index contributed by atoms with van der Waals surface area (Å²) in [6.45, 7) is 1.80. The van der Waals surface area contributed by atoms with Crippen LogP contribution in [-0.4, -0.2) is 23.5 Å². The van der Waals surface area contributed by atoms with E-state index >= 15 is 0 Å². The Morgan fingerprint density at radius 2 is 1.70 bits per heavy atom. The van der Waals surface area contributed by atoms with Gasteiger partial charge in [-0.3, -0.25) is 4.79 Å². The van der Waals surface area contributed by atoms with Crippen LogP contribution in [0.3, 0.4) is 0 Å². The van der Waals surface area contributed by atoms with Gasteiger partial charge in [0.25, 0.3) is 0 Å². The number of rotatable bonds is 10. The fraction of sp³-hybridized carbons (Fsp3) is 0.500. The third-order valence-electron chi connectivity index (χ3n) is 3.05. The summed E-state index contributed by atoms with van der Waals surface area (Å²) in [5, 5.41) is 8.50. The zero-order chi connectivity index (χ0) is 14.8. The smallest absolute Gasteiger partial charge is 0.341 e. The van der Waals surface area contributed by atoms with Crippen LogP contribution in [0.25, 0.3) is 0 Å². The van der Waals surface area contributed by atoms with Crippen LogP contribution in [0.1, 0.15) is 55.8 Å². The first kappa shape index (κ1) is 16.2. The van der Waals surface area contributed by atoms with Crippen LogP contribution in [0.2, 0.25) is 0 Å². The number of carboxylic acids is 1. The van der Waals surface area contributed by atoms with Crippen molar-refractivity contribution in [2.24, 2.45) is 0 Å². The number of aliphatic carboxylic acids is 1. The lowest BCUT2D eigenvalue weighted by Crippen LogP contribution is -2.09. The minimum absolute atomic E-state index is 0.131. The lowest BCUT2D eigenvalue weighted by molar-refractivity contribution is -0.139. The van der Waals surface area contributed by atoms with E-state index in [0.717, 1.165) is 12.8 Å². The van der Waals surface area contributed by atoms with Crippen molar-refractivity contribution >= 4 is 11.8 Å². The summed E-state index contributed by atoms with van der Waals surface area (Å²) in [5.41, 5.74) is 0.656. The molecule has 0 aliphatic rings. The number of ether oxygens (including phenoxy) is 1. The van der Waals surface area contributed by atoms with Crippen molar-refractivity contribution in [3.8, 4) is 5.75 Å². The van der Waals surface area contributed by atoms with E-state index in [1.165, 1.54) is 19.3 Å². The van der Waals surface area contributed by atoms with Crippen LogP contribution in [0.4, 0.5) is 0 Å². The Balaban J connectivity index is 2.35. The Morgan fingerprint density at radius 1 is 1.05 bits per heavy atom. The first-order chi connectivity index (χ1) is 9.63. The molecule has 0 amide bonds. The maximum Gasteiger partial charge on any atom is 0.341 e. The summed E-state index contributed by atoms with van der Waals surface area (Å²) in [6, 6.07) is 6.64. The quantitative estimate of drug-likeness (QED) is 0.523. The molecule has 0 fully saturated rings. The van der Waals surface area contributed by atoms with Gasteiger partial charge in [-0.05, 0) is 30.7 Å². The largest absolute Gasteiger partial charge is 0.482 e. The molecule has 4 heteroatoms. The molecule has 0 atom stereocenters. The highest BCUT2D eigenvalue weighted by Gasteiger charge is 2.06. The summed E-state index contributed by atoms with van der Waals surface area (Å²) in [5.74, 6) is -0.421. The number of ketones is 1. The van der Waals surface area contributed by atoms with Gasteiger partial charge >= 0.3 is 5.97 Å². The molecule has 0 spiro atoms. The van der Waals surface area contributed by atoms with Gasteiger partial charge < -0.3 is 9.84 Å². The highest BCUT2D eigenvalue weighted by molar-refractivity contribution is 5.96. The molecule has 1 rings (SSSR count). The molecular weight excluding hydrogens is 256 g/mol. The Bertz CT molecular complexity index is 423. The maximum absolute atomic E-state index is 11.9. The van der Waals surface area contributed by atoms with Gasteiger partial charge in [0.15, 0.2) is 12.4 Å². The zero-order valence-electron chi connectivity index (χ0n) is 11.9. The van der Waals surface area contributed by atoms with E-state index in [1.807, 2.05) is 0 Å². The summed E-state index contributed by atoms with van der Waals surface area (Å²) in [7, 11) is 0. The Labute approximate surface area is 119 Å². The Morgan fingerprint density at radius 3 is 2.30 bits per heavy atom. The molecule has 0 heterocycles. The van der Waals surface area contributed by atoms with Crippen molar-refractivity contribution < 1.29 is 19.4 Å². The highest BCUT2D eigenvalue weighted by atomic mass is 16.5. The lowest BCUT2D eigenvalue weighted by Gasteiger charge is -2.05. The average molecular weight is 278 g/mol. The van der Waals surface area contributed by atoms with E-state index in [0.29, 0.717) is 17.7 Å². The SMILES string of the molecule is CCCCCCCC(=O)c1ccc(OCC(=O)O)cc1. The third-order valence-corrected chi connectivity index (χ3v) is 3.05. The summed E-state index contributed by atoms with van der Waals surface area (Å²) < 4.78 is 5.02. The van der Waals surface area contributed by atoms with Gasteiger partial charge in [0.05, 0.1) is 0 Å². The summed E-state index contributed by atoms with van der Waals surface area (Å²) in [6.07, 6.45) is 6.20. The maximum atomic E-state index is 11.9. The van der Waals surface area contributed by atoms with Crippen molar-refractivity contribution in [2.75, 3.05) is 6.61 Å². The van der Waals surface area contributed by atoms with Crippen molar-refractivity contribution in [1.29, 1.82) is 0 Å². The van der Waals surface area contributed by atoms with E-state index in [4.69, 9.17) is 9.84 Å².